The van der Waals surface area contributed by atoms with Gasteiger partial charge in [-0.2, -0.15) is 0 Å². The second kappa shape index (κ2) is 6.53. The molecule has 1 fully saturated rings. The summed E-state index contributed by atoms with van der Waals surface area (Å²) < 4.78 is 47.9. The fourth-order valence-electron chi connectivity index (χ4n) is 3.52. The van der Waals surface area contributed by atoms with Crippen molar-refractivity contribution in [1.29, 1.82) is 0 Å². The highest BCUT2D eigenvalue weighted by Crippen LogP contribution is 2.56. The van der Waals surface area contributed by atoms with Gasteiger partial charge in [0, 0.05) is 23.3 Å². The first-order valence-corrected chi connectivity index (χ1v) is 9.43. The molecule has 1 aliphatic heterocycles. The topological polar surface area (TPSA) is 64.7 Å². The summed E-state index contributed by atoms with van der Waals surface area (Å²) >= 11 is 7.02. The lowest BCUT2D eigenvalue weighted by Crippen LogP contribution is -2.43. The number of benzene rings is 1. The number of hydrogen-bond donors (Lipinski definition) is 1. The van der Waals surface area contributed by atoms with Gasteiger partial charge in [0.2, 0.25) is 0 Å². The van der Waals surface area contributed by atoms with Crippen molar-refractivity contribution in [3.8, 4) is 0 Å². The van der Waals surface area contributed by atoms with Gasteiger partial charge in [-0.1, -0.05) is 17.7 Å². The highest BCUT2D eigenvalue weighted by atomic mass is 35.5. The zero-order chi connectivity index (χ0) is 19.3. The molecule has 4 rings (SSSR count). The number of alkyl halides is 2. The highest BCUT2D eigenvalue weighted by Gasteiger charge is 2.64. The van der Waals surface area contributed by atoms with Crippen molar-refractivity contribution in [2.75, 3.05) is 0 Å². The number of halogens is 4. The third-order valence-electron chi connectivity index (χ3n) is 4.87. The van der Waals surface area contributed by atoms with E-state index >= 15 is 0 Å². The van der Waals surface area contributed by atoms with Crippen molar-refractivity contribution in [3.05, 3.63) is 56.5 Å². The molecule has 2 N–H and O–H groups in total. The third-order valence-corrected chi connectivity index (χ3v) is 6.19. The molecule has 2 aliphatic rings. The van der Waals surface area contributed by atoms with E-state index in [0.29, 0.717) is 21.9 Å². The van der Waals surface area contributed by atoms with Crippen LogP contribution in [0.2, 0.25) is 5.02 Å². The maximum atomic E-state index is 14.6. The Morgan fingerprint density at radius 3 is 2.89 bits per heavy atom. The summed E-state index contributed by atoms with van der Waals surface area (Å²) in [5.41, 5.74) is 3.62. The first-order valence-electron chi connectivity index (χ1n) is 8.17. The number of carbonyl (C=O) groups excluding carboxylic acids is 1. The average Bonchev–Trinajstić information content (AvgIpc) is 3.26. The largest absolute Gasteiger partial charge is 0.462 e. The first kappa shape index (κ1) is 18.3. The van der Waals surface area contributed by atoms with E-state index in [1.807, 2.05) is 0 Å². The van der Waals surface area contributed by atoms with Crippen LogP contribution in [0, 0.1) is 11.7 Å². The Hall–Kier alpha value is -2.06. The van der Waals surface area contributed by atoms with Crippen molar-refractivity contribution in [3.63, 3.8) is 0 Å². The van der Waals surface area contributed by atoms with E-state index in [1.54, 1.807) is 5.38 Å². The SMILES string of the molecule is NC1=N[C@@](c2cc(CC(=O)c3cc(Cl)cs3)ccc2F)(C(F)F)[C@H]2C[C@H]2O1. The van der Waals surface area contributed by atoms with E-state index in [0.717, 1.165) is 6.07 Å². The van der Waals surface area contributed by atoms with Crippen molar-refractivity contribution in [2.45, 2.75) is 30.9 Å². The van der Waals surface area contributed by atoms with Gasteiger partial charge in [0.25, 0.3) is 12.4 Å². The monoisotopic (exact) mass is 414 g/mol. The molecular weight excluding hydrogens is 401 g/mol. The van der Waals surface area contributed by atoms with E-state index in [9.17, 15) is 18.0 Å². The number of amidine groups is 1. The smallest absolute Gasteiger partial charge is 0.283 e. The van der Waals surface area contributed by atoms with E-state index in [2.05, 4.69) is 4.99 Å². The Morgan fingerprint density at radius 2 is 2.22 bits per heavy atom. The van der Waals surface area contributed by atoms with Gasteiger partial charge in [-0.15, -0.1) is 11.3 Å². The van der Waals surface area contributed by atoms with Crippen LogP contribution in [-0.4, -0.2) is 24.3 Å². The molecule has 0 unspecified atom stereocenters. The summed E-state index contributed by atoms with van der Waals surface area (Å²) in [5, 5.41) is 2.08. The van der Waals surface area contributed by atoms with Crippen LogP contribution in [0.15, 0.2) is 34.6 Å². The van der Waals surface area contributed by atoms with Crippen LogP contribution >= 0.6 is 22.9 Å². The average molecular weight is 415 g/mol. The Balaban J connectivity index is 1.72. The zero-order valence-electron chi connectivity index (χ0n) is 13.8. The van der Waals surface area contributed by atoms with Crippen LogP contribution in [0.25, 0.3) is 0 Å². The van der Waals surface area contributed by atoms with E-state index in [-0.39, 0.29) is 23.8 Å². The molecule has 2 heterocycles. The molecule has 0 spiro atoms. The molecule has 0 amide bonds. The zero-order valence-corrected chi connectivity index (χ0v) is 15.4. The van der Waals surface area contributed by atoms with Crippen LogP contribution in [0.5, 0.6) is 0 Å². The minimum absolute atomic E-state index is 0.0623. The molecule has 3 atom stereocenters. The number of ketones is 1. The summed E-state index contributed by atoms with van der Waals surface area (Å²) in [5.74, 6) is -1.69. The van der Waals surface area contributed by atoms with Crippen molar-refractivity contribution >= 4 is 34.7 Å². The van der Waals surface area contributed by atoms with Gasteiger partial charge in [-0.25, -0.2) is 18.2 Å². The number of nitrogens with zero attached hydrogens (tertiary/aromatic N) is 1. The minimum atomic E-state index is -2.97. The number of nitrogens with two attached hydrogens (primary N) is 1. The maximum Gasteiger partial charge on any atom is 0.283 e. The predicted molar refractivity (Wildman–Crippen MR) is 96.0 cm³/mol. The van der Waals surface area contributed by atoms with Gasteiger partial charge < -0.3 is 10.5 Å². The highest BCUT2D eigenvalue weighted by molar-refractivity contribution is 7.12. The molecule has 4 nitrogen and oxygen atoms in total. The second-order valence-corrected chi connectivity index (χ2v) is 7.97. The van der Waals surface area contributed by atoms with Gasteiger partial charge >= 0.3 is 0 Å². The predicted octanol–water partition coefficient (Wildman–Crippen LogP) is 4.16. The van der Waals surface area contributed by atoms with Gasteiger partial charge in [0.05, 0.1) is 9.90 Å². The number of ether oxygens (including phenoxy) is 1. The number of thiophene rings is 1. The van der Waals surface area contributed by atoms with Crippen LogP contribution in [0.1, 0.15) is 27.2 Å². The van der Waals surface area contributed by atoms with Gasteiger partial charge in [0.1, 0.15) is 11.9 Å². The lowest BCUT2D eigenvalue weighted by molar-refractivity contribution is 0.0176. The van der Waals surface area contributed by atoms with Crippen LogP contribution in [0.4, 0.5) is 13.2 Å². The first-order chi connectivity index (χ1) is 12.8. The summed E-state index contributed by atoms with van der Waals surface area (Å²) in [6, 6.07) is 4.94. The standard InChI is InChI=1S/C18H14ClF3N2O2S/c19-9-5-15(27-7-9)13(25)4-8-1-2-12(20)10(3-8)18(16(21)22)11-6-14(11)26-17(23)24-18/h1-3,5,7,11,14,16H,4,6H2,(H2,23,24)/t11-,14+,18+/m0/s1. The lowest BCUT2D eigenvalue weighted by Gasteiger charge is -2.33. The van der Waals surface area contributed by atoms with Crippen molar-refractivity contribution < 1.29 is 22.7 Å². The van der Waals surface area contributed by atoms with Crippen LogP contribution < -0.4 is 5.73 Å². The fraction of sp³-hybridized carbons (Fsp3) is 0.333. The van der Waals surface area contributed by atoms with Gasteiger partial charge in [-0.3, -0.25) is 4.79 Å². The van der Waals surface area contributed by atoms with E-state index in [1.165, 1.54) is 29.5 Å². The summed E-state index contributed by atoms with van der Waals surface area (Å²) in [6.07, 6.45) is -3.20. The van der Waals surface area contributed by atoms with Crippen LogP contribution in [0.3, 0.4) is 0 Å². The van der Waals surface area contributed by atoms with Crippen molar-refractivity contribution in [2.24, 2.45) is 16.6 Å². The van der Waals surface area contributed by atoms with Crippen LogP contribution in [-0.2, 0) is 16.7 Å². The summed E-state index contributed by atoms with van der Waals surface area (Å²) in [6.45, 7) is 0. The van der Waals surface area contributed by atoms with E-state index < -0.39 is 29.8 Å². The molecule has 27 heavy (non-hydrogen) atoms. The number of aliphatic imine (C=N–C) groups is 1. The molecule has 2 aromatic rings. The number of Topliss-reactive ketones (excluding diaryl/α,β-unsaturated/α-hetero) is 1. The molecule has 0 radical (unpaired) electrons. The number of rotatable bonds is 5. The molecular formula is C18H14ClF3N2O2S. The van der Waals surface area contributed by atoms with Gasteiger partial charge in [0.15, 0.2) is 11.3 Å². The summed E-state index contributed by atoms with van der Waals surface area (Å²) in [7, 11) is 0. The molecule has 1 saturated carbocycles. The number of fused-ring (bicyclic) bond motifs is 1. The fourth-order valence-corrected chi connectivity index (χ4v) is 4.53. The Bertz CT molecular complexity index is 948. The Labute approximate surface area is 161 Å². The van der Waals surface area contributed by atoms with Crippen molar-refractivity contribution in [1.82, 2.24) is 0 Å². The molecule has 142 valence electrons. The molecule has 1 aromatic heterocycles. The minimum Gasteiger partial charge on any atom is -0.462 e. The second-order valence-electron chi connectivity index (χ2n) is 6.62. The van der Waals surface area contributed by atoms with E-state index in [4.69, 9.17) is 22.1 Å². The maximum absolute atomic E-state index is 14.6. The Morgan fingerprint density at radius 1 is 1.44 bits per heavy atom. The molecule has 1 aromatic carbocycles. The molecule has 1 aliphatic carbocycles. The number of hydrogen-bond acceptors (Lipinski definition) is 5. The third kappa shape index (κ3) is 3.10. The lowest BCUT2D eigenvalue weighted by atomic mass is 9.83. The summed E-state index contributed by atoms with van der Waals surface area (Å²) in [4.78, 5) is 16.7. The Kier molecular flexibility index (Phi) is 4.43. The molecule has 9 heteroatoms. The number of carbonyl (C=O) groups is 1. The normalized spacial score (nSPS) is 26.3. The molecule has 0 saturated heterocycles. The molecule has 0 bridgehead atoms. The van der Waals surface area contributed by atoms with Gasteiger partial charge in [-0.05, 0) is 30.2 Å². The quantitative estimate of drug-likeness (QED) is 0.747.